The summed E-state index contributed by atoms with van der Waals surface area (Å²) in [6.07, 6.45) is 0. The molecule has 0 saturated heterocycles. The van der Waals surface area contributed by atoms with Gasteiger partial charge in [-0.2, -0.15) is 5.10 Å². The van der Waals surface area contributed by atoms with Crippen LogP contribution in [0.4, 0.5) is 5.69 Å². The zero-order valence-corrected chi connectivity index (χ0v) is 11.8. The summed E-state index contributed by atoms with van der Waals surface area (Å²) in [7, 11) is 0. The van der Waals surface area contributed by atoms with Gasteiger partial charge in [0.15, 0.2) is 0 Å². The third-order valence-electron chi connectivity index (χ3n) is 3.04. The molecule has 0 amide bonds. The maximum absolute atomic E-state index is 10.6. The van der Waals surface area contributed by atoms with E-state index in [2.05, 4.69) is 10.2 Å². The molecule has 104 valence electrons. The maximum Gasteiger partial charge on any atom is 0.269 e. The standard InChI is InChI=1S/C15H11N3O2S/c19-18(20)13-8-6-11(7-9-13)14-10-21-15(17-16-14)12-4-2-1-3-5-12/h1-9H,10H2. The average Bonchev–Trinajstić information content (AvgIpc) is 2.56. The van der Waals surface area contributed by atoms with Crippen molar-refractivity contribution in [3.63, 3.8) is 0 Å². The van der Waals surface area contributed by atoms with E-state index in [1.165, 1.54) is 12.1 Å². The molecule has 0 N–H and O–H groups in total. The van der Waals surface area contributed by atoms with E-state index < -0.39 is 4.92 Å². The second-order valence-corrected chi connectivity index (χ2v) is 5.37. The first-order valence-corrected chi connectivity index (χ1v) is 7.30. The number of rotatable bonds is 3. The minimum atomic E-state index is -0.410. The first-order chi connectivity index (χ1) is 10.2. The van der Waals surface area contributed by atoms with Crippen LogP contribution in [0.3, 0.4) is 0 Å². The van der Waals surface area contributed by atoms with Crippen LogP contribution in [-0.2, 0) is 0 Å². The van der Waals surface area contributed by atoms with Crippen LogP contribution in [0.1, 0.15) is 11.1 Å². The monoisotopic (exact) mass is 297 g/mol. The molecule has 0 fully saturated rings. The quantitative estimate of drug-likeness (QED) is 0.643. The van der Waals surface area contributed by atoms with Crippen molar-refractivity contribution >= 4 is 28.2 Å². The molecule has 0 aliphatic carbocycles. The van der Waals surface area contributed by atoms with Gasteiger partial charge in [0.25, 0.3) is 5.69 Å². The van der Waals surface area contributed by atoms with E-state index >= 15 is 0 Å². The molecule has 6 heteroatoms. The number of hydrogen-bond donors (Lipinski definition) is 0. The fourth-order valence-corrected chi connectivity index (χ4v) is 2.84. The summed E-state index contributed by atoms with van der Waals surface area (Å²) in [5.41, 5.74) is 2.82. The fourth-order valence-electron chi connectivity index (χ4n) is 1.94. The van der Waals surface area contributed by atoms with Gasteiger partial charge in [0, 0.05) is 23.4 Å². The third kappa shape index (κ3) is 3.00. The van der Waals surface area contributed by atoms with Gasteiger partial charge in [-0.3, -0.25) is 10.1 Å². The van der Waals surface area contributed by atoms with Crippen molar-refractivity contribution in [3.8, 4) is 0 Å². The molecule has 0 atom stereocenters. The van der Waals surface area contributed by atoms with Crippen LogP contribution in [0.2, 0.25) is 0 Å². The molecule has 1 aliphatic rings. The second-order valence-electron chi connectivity index (χ2n) is 4.41. The van der Waals surface area contributed by atoms with E-state index in [1.807, 2.05) is 30.3 Å². The molecule has 0 saturated carbocycles. The number of nitrogens with zero attached hydrogens (tertiary/aromatic N) is 3. The molecular weight excluding hydrogens is 286 g/mol. The Morgan fingerprint density at radius 3 is 2.24 bits per heavy atom. The normalized spacial score (nSPS) is 14.3. The number of thioether (sulfide) groups is 1. The summed E-state index contributed by atoms with van der Waals surface area (Å²) in [6.45, 7) is 0. The summed E-state index contributed by atoms with van der Waals surface area (Å²) in [6, 6.07) is 16.3. The molecule has 0 radical (unpaired) electrons. The molecule has 0 bridgehead atoms. The average molecular weight is 297 g/mol. The van der Waals surface area contributed by atoms with Crippen molar-refractivity contribution in [2.24, 2.45) is 10.2 Å². The van der Waals surface area contributed by atoms with Gasteiger partial charge in [0.2, 0.25) is 0 Å². The van der Waals surface area contributed by atoms with E-state index in [9.17, 15) is 10.1 Å². The van der Waals surface area contributed by atoms with Crippen LogP contribution in [0, 0.1) is 10.1 Å². The molecule has 21 heavy (non-hydrogen) atoms. The molecular formula is C15H11N3O2S. The minimum absolute atomic E-state index is 0.0799. The molecule has 0 spiro atoms. The predicted molar refractivity (Wildman–Crippen MR) is 85.1 cm³/mol. The third-order valence-corrected chi connectivity index (χ3v) is 4.05. The zero-order chi connectivity index (χ0) is 14.7. The van der Waals surface area contributed by atoms with Gasteiger partial charge in [0.1, 0.15) is 5.04 Å². The topological polar surface area (TPSA) is 67.9 Å². The Bertz CT molecular complexity index is 724. The first kappa shape index (κ1) is 13.5. The van der Waals surface area contributed by atoms with E-state index in [1.54, 1.807) is 23.9 Å². The molecule has 3 rings (SSSR count). The van der Waals surface area contributed by atoms with Crippen molar-refractivity contribution in [3.05, 3.63) is 75.8 Å². The van der Waals surface area contributed by atoms with Gasteiger partial charge in [-0.15, -0.1) is 5.10 Å². The van der Waals surface area contributed by atoms with E-state index in [-0.39, 0.29) is 5.69 Å². The van der Waals surface area contributed by atoms with Gasteiger partial charge in [-0.05, 0) is 17.7 Å². The van der Waals surface area contributed by atoms with Gasteiger partial charge < -0.3 is 0 Å². The van der Waals surface area contributed by atoms with E-state index in [4.69, 9.17) is 0 Å². The number of nitro benzene ring substituents is 1. The highest BCUT2D eigenvalue weighted by Crippen LogP contribution is 2.21. The van der Waals surface area contributed by atoms with Gasteiger partial charge in [0.05, 0.1) is 10.6 Å². The lowest BCUT2D eigenvalue weighted by Gasteiger charge is -2.11. The van der Waals surface area contributed by atoms with Gasteiger partial charge in [-0.25, -0.2) is 0 Å². The maximum atomic E-state index is 10.6. The highest BCUT2D eigenvalue weighted by molar-refractivity contribution is 8.15. The summed E-state index contributed by atoms with van der Waals surface area (Å²) in [5, 5.41) is 20.0. The van der Waals surface area contributed by atoms with Crippen LogP contribution in [-0.4, -0.2) is 21.4 Å². The number of hydrogen-bond acceptors (Lipinski definition) is 5. The Labute approximate surface area is 125 Å². The van der Waals surface area contributed by atoms with Gasteiger partial charge >= 0.3 is 0 Å². The van der Waals surface area contributed by atoms with Crippen molar-refractivity contribution in [2.45, 2.75) is 0 Å². The summed E-state index contributed by atoms with van der Waals surface area (Å²) in [5.74, 6) is 0.700. The number of nitro groups is 1. The Kier molecular flexibility index (Phi) is 3.79. The van der Waals surface area contributed by atoms with Crippen LogP contribution in [0.15, 0.2) is 64.8 Å². The van der Waals surface area contributed by atoms with Gasteiger partial charge in [-0.1, -0.05) is 42.1 Å². The Morgan fingerprint density at radius 2 is 1.67 bits per heavy atom. The number of non-ortho nitro benzene ring substituents is 1. The number of benzene rings is 2. The first-order valence-electron chi connectivity index (χ1n) is 6.31. The van der Waals surface area contributed by atoms with Crippen molar-refractivity contribution in [1.29, 1.82) is 0 Å². The lowest BCUT2D eigenvalue weighted by molar-refractivity contribution is -0.384. The van der Waals surface area contributed by atoms with Crippen LogP contribution >= 0.6 is 11.8 Å². The predicted octanol–water partition coefficient (Wildman–Crippen LogP) is 3.49. The zero-order valence-electron chi connectivity index (χ0n) is 11.0. The van der Waals surface area contributed by atoms with Crippen molar-refractivity contribution in [1.82, 2.24) is 0 Å². The molecule has 1 heterocycles. The molecule has 2 aromatic rings. The summed E-state index contributed by atoms with van der Waals surface area (Å²) < 4.78 is 0. The molecule has 2 aromatic carbocycles. The molecule has 0 unspecified atom stereocenters. The SMILES string of the molecule is O=[N+]([O-])c1ccc(C2=NN=C(c3ccccc3)SC2)cc1. The highest BCUT2D eigenvalue weighted by Gasteiger charge is 2.14. The summed E-state index contributed by atoms with van der Waals surface area (Å²) in [4.78, 5) is 10.2. The largest absolute Gasteiger partial charge is 0.269 e. The van der Waals surface area contributed by atoms with Crippen LogP contribution in [0.25, 0.3) is 0 Å². The van der Waals surface area contributed by atoms with Crippen molar-refractivity contribution < 1.29 is 4.92 Å². The van der Waals surface area contributed by atoms with Crippen LogP contribution in [0.5, 0.6) is 0 Å². The summed E-state index contributed by atoms with van der Waals surface area (Å²) >= 11 is 1.62. The van der Waals surface area contributed by atoms with E-state index in [0.29, 0.717) is 5.75 Å². The molecule has 1 aliphatic heterocycles. The second kappa shape index (κ2) is 5.88. The Hall–Kier alpha value is -2.47. The smallest absolute Gasteiger partial charge is 0.258 e. The minimum Gasteiger partial charge on any atom is -0.258 e. The van der Waals surface area contributed by atoms with Crippen molar-refractivity contribution in [2.75, 3.05) is 5.75 Å². The fraction of sp³-hybridized carbons (Fsp3) is 0.0667. The van der Waals surface area contributed by atoms with E-state index in [0.717, 1.165) is 21.9 Å². The lowest BCUT2D eigenvalue weighted by Crippen LogP contribution is -2.11. The Balaban J connectivity index is 1.83. The Morgan fingerprint density at radius 1 is 0.952 bits per heavy atom. The van der Waals surface area contributed by atoms with Crippen LogP contribution < -0.4 is 0 Å². The molecule has 5 nitrogen and oxygen atoms in total. The highest BCUT2D eigenvalue weighted by atomic mass is 32.2. The lowest BCUT2D eigenvalue weighted by atomic mass is 10.1. The molecule has 0 aromatic heterocycles.